The van der Waals surface area contributed by atoms with Gasteiger partial charge in [-0.05, 0) is 38.6 Å². The summed E-state index contributed by atoms with van der Waals surface area (Å²) in [5.41, 5.74) is 4.56. The molecule has 1 aromatic carbocycles. The molecule has 15 heteroatoms. The topological polar surface area (TPSA) is 173 Å². The van der Waals surface area contributed by atoms with Crippen LogP contribution in [-0.4, -0.2) is 102 Å². The van der Waals surface area contributed by atoms with Crippen molar-refractivity contribution in [2.45, 2.75) is 0 Å². The number of anilines is 5. The molecule has 0 saturated carbocycles. The van der Waals surface area contributed by atoms with Crippen LogP contribution in [0, 0.1) is 5.41 Å². The number of likely N-dealkylation sites (N-methyl/N-ethyl adjacent to an activating group) is 1. The van der Waals surface area contributed by atoms with Crippen molar-refractivity contribution in [2.24, 2.45) is 0 Å². The van der Waals surface area contributed by atoms with Gasteiger partial charge in [0.2, 0.25) is 5.95 Å². The largest absolute Gasteiger partial charge is 0.493 e. The van der Waals surface area contributed by atoms with E-state index in [1.54, 1.807) is 52.3 Å². The Morgan fingerprint density at radius 2 is 1.83 bits per heavy atom. The minimum absolute atomic E-state index is 0.258. The summed E-state index contributed by atoms with van der Waals surface area (Å²) in [6, 6.07) is 7.51. The first-order chi connectivity index (χ1) is 22.2. The van der Waals surface area contributed by atoms with Gasteiger partial charge in [-0.1, -0.05) is 0 Å². The molecule has 4 aromatic heterocycles. The third-order valence-electron chi connectivity index (χ3n) is 7.81. The number of allylic oxidation sites excluding steroid dienone is 1. The van der Waals surface area contributed by atoms with Gasteiger partial charge in [-0.2, -0.15) is 9.97 Å². The van der Waals surface area contributed by atoms with E-state index in [9.17, 15) is 4.57 Å². The molecular formula is C31H37N12O2P. The van der Waals surface area contributed by atoms with Gasteiger partial charge >= 0.3 is 0 Å². The number of pyridine rings is 1. The maximum Gasteiger partial charge on any atom is 0.232 e. The first-order valence-corrected chi connectivity index (χ1v) is 17.4. The number of H-pyrrole nitrogens is 1. The second kappa shape index (κ2) is 12.7. The SMILES string of the molecule is CN/C=C(\C=N)c1nc(Nc2nc(Nc3ccc4nccnc4c3P(C)(C)=O)c3cc[nH]c3n2)c(OC)cc1N1CCN(C)CC1. The summed E-state index contributed by atoms with van der Waals surface area (Å²) in [5.74, 6) is 1.65. The predicted octanol–water partition coefficient (Wildman–Crippen LogP) is 4.00. The lowest BCUT2D eigenvalue weighted by Gasteiger charge is -2.35. The van der Waals surface area contributed by atoms with Gasteiger partial charge in [-0.3, -0.25) is 9.97 Å². The molecule has 0 aliphatic carbocycles. The maximum absolute atomic E-state index is 13.5. The van der Waals surface area contributed by atoms with Crippen LogP contribution in [0.2, 0.25) is 0 Å². The van der Waals surface area contributed by atoms with Gasteiger partial charge in [-0.25, -0.2) is 4.98 Å². The molecule has 1 fully saturated rings. The molecule has 14 nitrogen and oxygen atoms in total. The standard InChI is InChI=1S/C31H37N12O2P/c1-33-18-19(17-32)25-23(43-14-12-42(2)13-15-43)16-24(45-3)30(38-25)41-31-39-28-20(8-9-36-28)29(40-31)37-22-7-6-21-26(35-11-10-34-21)27(22)46(4,5)44/h6-11,16-18,32-33H,12-15H2,1-5H3,(H3,36,37,38,39,40,41)/b19-18+,32-17?. The van der Waals surface area contributed by atoms with Gasteiger partial charge in [0, 0.05) is 75.9 Å². The Morgan fingerprint density at radius 3 is 2.54 bits per heavy atom. The van der Waals surface area contributed by atoms with Crippen LogP contribution in [0.25, 0.3) is 27.6 Å². The summed E-state index contributed by atoms with van der Waals surface area (Å²) in [7, 11) is 2.69. The second-order valence-corrected chi connectivity index (χ2v) is 14.5. The lowest BCUT2D eigenvalue weighted by molar-refractivity contribution is 0.312. The van der Waals surface area contributed by atoms with E-state index < -0.39 is 7.14 Å². The van der Waals surface area contributed by atoms with Crippen LogP contribution >= 0.6 is 7.14 Å². The predicted molar refractivity (Wildman–Crippen MR) is 185 cm³/mol. The number of nitrogens with one attached hydrogen (secondary N) is 5. The fourth-order valence-corrected chi connectivity index (χ4v) is 6.95. The van der Waals surface area contributed by atoms with Crippen LogP contribution in [0.15, 0.2) is 49.1 Å². The number of hydrogen-bond donors (Lipinski definition) is 5. The zero-order valence-corrected chi connectivity index (χ0v) is 27.3. The Hall–Kier alpha value is -5.07. The van der Waals surface area contributed by atoms with E-state index in [4.69, 9.17) is 25.1 Å². The average Bonchev–Trinajstić information content (AvgIpc) is 3.52. The fourth-order valence-electron chi connectivity index (χ4n) is 5.56. The van der Waals surface area contributed by atoms with E-state index in [1.165, 1.54) is 6.21 Å². The van der Waals surface area contributed by atoms with Crippen LogP contribution in [0.4, 0.5) is 29.0 Å². The highest BCUT2D eigenvalue weighted by atomic mass is 31.2. The molecule has 1 saturated heterocycles. The Morgan fingerprint density at radius 1 is 1.04 bits per heavy atom. The summed E-state index contributed by atoms with van der Waals surface area (Å²) >= 11 is 0. The Kier molecular flexibility index (Phi) is 8.57. The molecule has 6 rings (SSSR count). The zero-order chi connectivity index (χ0) is 32.4. The number of methoxy groups -OCH3 is 1. The molecule has 1 aliphatic heterocycles. The molecule has 46 heavy (non-hydrogen) atoms. The van der Waals surface area contributed by atoms with E-state index in [0.29, 0.717) is 56.3 Å². The van der Waals surface area contributed by atoms with Crippen LogP contribution in [-0.2, 0) is 4.57 Å². The second-order valence-electron chi connectivity index (χ2n) is 11.4. The zero-order valence-electron chi connectivity index (χ0n) is 26.4. The molecule has 0 bridgehead atoms. The van der Waals surface area contributed by atoms with Crippen molar-refractivity contribution in [1.29, 1.82) is 5.41 Å². The minimum Gasteiger partial charge on any atom is -0.493 e. The Labute approximate surface area is 266 Å². The first-order valence-electron chi connectivity index (χ1n) is 14.8. The average molecular weight is 641 g/mol. The van der Waals surface area contributed by atoms with Gasteiger partial charge < -0.3 is 45.4 Å². The number of benzene rings is 1. The number of nitrogens with zero attached hydrogens (tertiary/aromatic N) is 7. The van der Waals surface area contributed by atoms with Crippen molar-refractivity contribution >= 4 is 75.3 Å². The third kappa shape index (κ3) is 6.09. The molecule has 5 N–H and O–H groups in total. The third-order valence-corrected chi connectivity index (χ3v) is 9.34. The number of hydrogen-bond acceptors (Lipinski definition) is 13. The number of ether oxygens (including phenoxy) is 1. The molecule has 5 aromatic rings. The quantitative estimate of drug-likeness (QED) is 0.110. The molecule has 1 aliphatic rings. The van der Waals surface area contributed by atoms with Gasteiger partial charge in [0.25, 0.3) is 0 Å². The van der Waals surface area contributed by atoms with Gasteiger partial charge in [0.1, 0.15) is 24.1 Å². The lowest BCUT2D eigenvalue weighted by Crippen LogP contribution is -2.45. The Balaban J connectivity index is 1.43. The summed E-state index contributed by atoms with van der Waals surface area (Å²) in [6.45, 7) is 6.89. The fraction of sp³-hybridized carbons (Fsp3) is 0.290. The summed E-state index contributed by atoms with van der Waals surface area (Å²) < 4.78 is 19.4. The first kappa shape index (κ1) is 30.9. The van der Waals surface area contributed by atoms with Crippen LogP contribution in [0.3, 0.4) is 0 Å². The summed E-state index contributed by atoms with van der Waals surface area (Å²) in [6.07, 6.45) is 8.03. The van der Waals surface area contributed by atoms with Crippen molar-refractivity contribution in [3.63, 3.8) is 0 Å². The molecule has 238 valence electrons. The van der Waals surface area contributed by atoms with Gasteiger partial charge in [0.05, 0.1) is 40.4 Å². The maximum atomic E-state index is 13.5. The van der Waals surface area contributed by atoms with E-state index in [2.05, 4.69) is 47.7 Å². The number of rotatable bonds is 10. The molecule has 0 atom stereocenters. The lowest BCUT2D eigenvalue weighted by atomic mass is 10.1. The van der Waals surface area contributed by atoms with Crippen molar-refractivity contribution in [1.82, 2.24) is 40.1 Å². The highest BCUT2D eigenvalue weighted by Gasteiger charge is 2.25. The highest BCUT2D eigenvalue weighted by molar-refractivity contribution is 7.71. The molecule has 0 amide bonds. The van der Waals surface area contributed by atoms with E-state index >= 15 is 0 Å². The van der Waals surface area contributed by atoms with Gasteiger partial charge in [0.15, 0.2) is 11.6 Å². The van der Waals surface area contributed by atoms with Gasteiger partial charge in [-0.15, -0.1) is 0 Å². The normalized spacial score (nSPS) is 14.5. The number of fused-ring (bicyclic) bond motifs is 2. The monoisotopic (exact) mass is 640 g/mol. The number of aromatic nitrogens is 6. The van der Waals surface area contributed by atoms with E-state index in [0.717, 1.165) is 37.3 Å². The van der Waals surface area contributed by atoms with Crippen LogP contribution in [0.1, 0.15) is 5.69 Å². The smallest absolute Gasteiger partial charge is 0.232 e. The van der Waals surface area contributed by atoms with E-state index in [-0.39, 0.29) is 5.95 Å². The molecule has 5 heterocycles. The minimum atomic E-state index is -2.80. The molecule has 0 unspecified atom stereocenters. The van der Waals surface area contributed by atoms with Crippen molar-refractivity contribution in [3.05, 3.63) is 54.7 Å². The van der Waals surface area contributed by atoms with Crippen molar-refractivity contribution < 1.29 is 9.30 Å². The van der Waals surface area contributed by atoms with Crippen molar-refractivity contribution in [3.8, 4) is 5.75 Å². The van der Waals surface area contributed by atoms with E-state index in [1.807, 2.05) is 24.3 Å². The van der Waals surface area contributed by atoms with Crippen LogP contribution in [0.5, 0.6) is 5.75 Å². The summed E-state index contributed by atoms with van der Waals surface area (Å²) in [5, 5.41) is 19.2. The Bertz CT molecular complexity index is 2000. The number of aromatic amines is 1. The van der Waals surface area contributed by atoms with Crippen LogP contribution < -0.4 is 30.9 Å². The summed E-state index contributed by atoms with van der Waals surface area (Å²) in [4.78, 5) is 31.1. The number of piperazine rings is 1. The van der Waals surface area contributed by atoms with Crippen molar-refractivity contribution in [2.75, 3.05) is 76.2 Å². The molecule has 0 spiro atoms. The molecular weight excluding hydrogens is 603 g/mol. The highest BCUT2D eigenvalue weighted by Crippen LogP contribution is 2.41. The molecule has 0 radical (unpaired) electrons.